The molecule has 0 aliphatic heterocycles. The number of allylic oxidation sites excluding steroid dienone is 1. The molecule has 2 aromatic rings. The lowest BCUT2D eigenvalue weighted by Gasteiger charge is -2.34. The van der Waals surface area contributed by atoms with Crippen molar-refractivity contribution in [3.63, 3.8) is 0 Å². The summed E-state index contributed by atoms with van der Waals surface area (Å²) in [5.74, 6) is -0.667. The minimum absolute atomic E-state index is 0.543. The van der Waals surface area contributed by atoms with Gasteiger partial charge in [0.2, 0.25) is 0 Å². The Bertz CT molecular complexity index is 1030. The quantitative estimate of drug-likeness (QED) is 0.275. The molecule has 0 saturated heterocycles. The van der Waals surface area contributed by atoms with Crippen LogP contribution >= 0.6 is 0 Å². The van der Waals surface area contributed by atoms with Crippen LogP contribution in [0.15, 0.2) is 43.0 Å². The van der Waals surface area contributed by atoms with E-state index in [1.807, 2.05) is 44.2 Å². The second-order valence-electron chi connectivity index (χ2n) is 8.30. The highest BCUT2D eigenvalue weighted by Gasteiger charge is 2.50. The van der Waals surface area contributed by atoms with Crippen molar-refractivity contribution in [3.05, 3.63) is 59.9 Å². The Hall–Kier alpha value is -2.37. The van der Waals surface area contributed by atoms with Gasteiger partial charge in [0.25, 0.3) is 0 Å². The number of aromatic nitrogens is 2. The van der Waals surface area contributed by atoms with Crippen LogP contribution in [0.4, 0.5) is 0 Å². The highest BCUT2D eigenvalue weighted by Crippen LogP contribution is 2.45. The lowest BCUT2D eigenvalue weighted by atomic mass is 9.84. The first-order valence-electron chi connectivity index (χ1n) is 9.52. The Labute approximate surface area is 175 Å². The summed E-state index contributed by atoms with van der Waals surface area (Å²) in [5.41, 5.74) is 2.03. The van der Waals surface area contributed by atoms with Gasteiger partial charge in [0, 0.05) is 18.2 Å². The fraction of sp³-hybridized carbons (Fsp3) is 0.429. The molecule has 29 heavy (non-hydrogen) atoms. The number of rotatable bonds is 8. The van der Waals surface area contributed by atoms with Crippen LogP contribution in [0.3, 0.4) is 0 Å². The monoisotopic (exact) mass is 431 g/mol. The second-order valence-corrected chi connectivity index (χ2v) is 15.3. The summed E-state index contributed by atoms with van der Waals surface area (Å²) in [6.45, 7) is 16.6. The van der Waals surface area contributed by atoms with E-state index in [1.54, 1.807) is 17.7 Å². The van der Waals surface area contributed by atoms with E-state index in [4.69, 9.17) is 5.26 Å². The first-order chi connectivity index (χ1) is 13.4. The molecule has 1 aromatic carbocycles. The van der Waals surface area contributed by atoms with Gasteiger partial charge in [0.15, 0.2) is 0 Å². The number of benzene rings is 1. The Kier molecular flexibility index (Phi) is 6.45. The summed E-state index contributed by atoms with van der Waals surface area (Å²) >= 11 is 0. The molecule has 0 aliphatic carbocycles. The van der Waals surface area contributed by atoms with Crippen LogP contribution in [0.5, 0.6) is 0 Å². The highest BCUT2D eigenvalue weighted by atomic mass is 32.2. The van der Waals surface area contributed by atoms with Gasteiger partial charge in [0.1, 0.15) is 4.75 Å². The number of nitriles is 1. The zero-order chi connectivity index (χ0) is 22.0. The Morgan fingerprint density at radius 3 is 2.38 bits per heavy atom. The van der Waals surface area contributed by atoms with Gasteiger partial charge >= 0.3 is 16.4 Å². The van der Waals surface area contributed by atoms with Gasteiger partial charge in [0.05, 0.1) is 13.8 Å². The SMILES string of the molecule is C=CC(c1cc(C)nn1CC)C(C)(c1ccc([Si](C)(C)C)cc1)S(=O)(=O)OC#N. The molecular weight excluding hydrogens is 402 g/mol. The van der Waals surface area contributed by atoms with Crippen LogP contribution in [-0.4, -0.2) is 26.3 Å². The number of hydrogen-bond donors (Lipinski definition) is 0. The van der Waals surface area contributed by atoms with E-state index in [-0.39, 0.29) is 0 Å². The third-order valence-corrected chi connectivity index (χ3v) is 9.26. The molecule has 8 heteroatoms. The molecule has 0 N–H and O–H groups in total. The molecule has 0 fully saturated rings. The normalized spacial score (nSPS) is 15.2. The molecule has 2 atom stereocenters. The van der Waals surface area contributed by atoms with Crippen LogP contribution in [0.2, 0.25) is 19.6 Å². The molecule has 6 nitrogen and oxygen atoms in total. The van der Waals surface area contributed by atoms with Crippen molar-refractivity contribution in [2.75, 3.05) is 0 Å². The Balaban J connectivity index is 2.78. The summed E-state index contributed by atoms with van der Waals surface area (Å²) in [6, 6.07) is 9.45. The zero-order valence-corrected chi connectivity index (χ0v) is 19.7. The van der Waals surface area contributed by atoms with E-state index in [2.05, 4.69) is 35.5 Å². The van der Waals surface area contributed by atoms with Gasteiger partial charge in [-0.15, -0.1) is 11.8 Å². The molecular formula is C21H29N3O3SSi. The zero-order valence-electron chi connectivity index (χ0n) is 17.9. The minimum atomic E-state index is -4.31. The number of aryl methyl sites for hydroxylation is 2. The number of hydrogen-bond acceptors (Lipinski definition) is 5. The van der Waals surface area contributed by atoms with E-state index in [9.17, 15) is 8.42 Å². The third kappa shape index (κ3) is 4.16. The van der Waals surface area contributed by atoms with Crippen LogP contribution < -0.4 is 5.19 Å². The molecule has 1 heterocycles. The van der Waals surface area contributed by atoms with Crippen LogP contribution in [-0.2, 0) is 25.6 Å². The van der Waals surface area contributed by atoms with Crippen molar-refractivity contribution < 1.29 is 12.6 Å². The lowest BCUT2D eigenvalue weighted by molar-refractivity contribution is 0.399. The van der Waals surface area contributed by atoms with Gasteiger partial charge < -0.3 is 4.18 Å². The Morgan fingerprint density at radius 2 is 1.93 bits per heavy atom. The van der Waals surface area contributed by atoms with Crippen molar-refractivity contribution in [1.82, 2.24) is 9.78 Å². The van der Waals surface area contributed by atoms with Gasteiger partial charge in [-0.05, 0) is 32.4 Å². The predicted octanol–water partition coefficient (Wildman–Crippen LogP) is 3.77. The van der Waals surface area contributed by atoms with Gasteiger partial charge in [-0.25, -0.2) is 0 Å². The van der Waals surface area contributed by atoms with E-state index in [1.165, 1.54) is 11.4 Å². The van der Waals surface area contributed by atoms with Crippen molar-refractivity contribution in [3.8, 4) is 6.26 Å². The van der Waals surface area contributed by atoms with E-state index < -0.39 is 28.9 Å². The first kappa shape index (κ1) is 22.9. The Morgan fingerprint density at radius 1 is 1.34 bits per heavy atom. The third-order valence-electron chi connectivity index (χ3n) is 5.37. The fourth-order valence-electron chi connectivity index (χ4n) is 3.61. The largest absolute Gasteiger partial charge is 0.329 e. The molecule has 0 radical (unpaired) electrons. The highest BCUT2D eigenvalue weighted by molar-refractivity contribution is 7.87. The standard InChI is InChI=1S/C21H29N3O3SSi/c1-8-19(20-14-16(3)23-24(20)9-2)21(4,28(25,26)27-15-22)17-10-12-18(13-11-17)29(5,6)7/h8,10-14,19H,1,9H2,2-7H3. The van der Waals surface area contributed by atoms with Crippen molar-refractivity contribution in [2.24, 2.45) is 0 Å². The topological polar surface area (TPSA) is 85.0 Å². The van der Waals surface area contributed by atoms with Crippen LogP contribution in [0.1, 0.15) is 36.7 Å². The maximum absolute atomic E-state index is 13.2. The molecule has 1 aromatic heterocycles. The van der Waals surface area contributed by atoms with Gasteiger partial charge in [-0.2, -0.15) is 13.5 Å². The lowest BCUT2D eigenvalue weighted by Crippen LogP contribution is -2.41. The average molecular weight is 432 g/mol. The van der Waals surface area contributed by atoms with Crippen molar-refractivity contribution in [1.29, 1.82) is 5.26 Å². The summed E-state index contributed by atoms with van der Waals surface area (Å²) < 4.78 is 31.3. The van der Waals surface area contributed by atoms with E-state index >= 15 is 0 Å². The average Bonchev–Trinajstić information content (AvgIpc) is 3.01. The summed E-state index contributed by atoms with van der Waals surface area (Å²) in [7, 11) is -5.87. The summed E-state index contributed by atoms with van der Waals surface area (Å²) in [5, 5.41) is 14.7. The molecule has 0 spiro atoms. The van der Waals surface area contributed by atoms with Crippen LogP contribution in [0.25, 0.3) is 0 Å². The van der Waals surface area contributed by atoms with E-state index in [0.717, 1.165) is 5.69 Å². The smallest absolute Gasteiger partial charge is 0.302 e. The summed E-state index contributed by atoms with van der Waals surface area (Å²) in [6.07, 6.45) is 2.94. The van der Waals surface area contributed by atoms with Crippen LogP contribution in [0, 0.1) is 18.4 Å². The van der Waals surface area contributed by atoms with Crippen molar-refractivity contribution >= 4 is 23.4 Å². The van der Waals surface area contributed by atoms with Gasteiger partial charge in [-0.1, -0.05) is 55.2 Å². The predicted molar refractivity (Wildman–Crippen MR) is 118 cm³/mol. The van der Waals surface area contributed by atoms with E-state index in [0.29, 0.717) is 17.8 Å². The fourth-order valence-corrected chi connectivity index (χ4v) is 6.00. The maximum atomic E-state index is 13.2. The molecule has 2 unspecified atom stereocenters. The van der Waals surface area contributed by atoms with Crippen molar-refractivity contribution in [2.45, 2.75) is 57.6 Å². The molecule has 0 amide bonds. The number of nitrogens with zero attached hydrogens (tertiary/aromatic N) is 3. The maximum Gasteiger partial charge on any atom is 0.329 e. The minimum Gasteiger partial charge on any atom is -0.302 e. The molecule has 0 aliphatic rings. The molecule has 0 saturated carbocycles. The molecule has 0 bridgehead atoms. The second kappa shape index (κ2) is 8.17. The first-order valence-corrected chi connectivity index (χ1v) is 14.4. The van der Waals surface area contributed by atoms with Gasteiger partial charge in [-0.3, -0.25) is 4.68 Å². The molecule has 2 rings (SSSR count). The summed E-state index contributed by atoms with van der Waals surface area (Å²) in [4.78, 5) is 0. The molecule has 156 valence electrons.